The number of hydrogen-bond acceptors (Lipinski definition) is 1. The van der Waals surface area contributed by atoms with E-state index in [0.717, 1.165) is 22.9 Å². The number of benzene rings is 2. The summed E-state index contributed by atoms with van der Waals surface area (Å²) in [7, 11) is 0. The number of halogens is 2. The first-order chi connectivity index (χ1) is 8.78. The fraction of sp³-hybridized carbons (Fsp3) is 0.200. The molecule has 0 saturated carbocycles. The van der Waals surface area contributed by atoms with E-state index in [1.54, 1.807) is 0 Å². The van der Waals surface area contributed by atoms with Gasteiger partial charge in [-0.05, 0) is 28.8 Å². The lowest BCUT2D eigenvalue weighted by Crippen LogP contribution is -2.16. The smallest absolute Gasteiger partial charge is 0.0436 e. The molecule has 1 aliphatic heterocycles. The quantitative estimate of drug-likeness (QED) is 0.685. The van der Waals surface area contributed by atoms with Crippen LogP contribution in [0.5, 0.6) is 0 Å². The van der Waals surface area contributed by atoms with Gasteiger partial charge in [-0.25, -0.2) is 0 Å². The van der Waals surface area contributed by atoms with E-state index >= 15 is 0 Å². The van der Waals surface area contributed by atoms with Crippen LogP contribution in [0.4, 0.5) is 5.69 Å². The second kappa shape index (κ2) is 5.06. The zero-order valence-corrected chi connectivity index (χ0v) is 13.0. The molecule has 0 unspecified atom stereocenters. The summed E-state index contributed by atoms with van der Waals surface area (Å²) in [6, 6.07) is 15.2. The Hall–Kier alpha value is -0.800. The van der Waals surface area contributed by atoms with Crippen LogP contribution in [-0.2, 0) is 18.4 Å². The lowest BCUT2D eigenvalue weighted by atomic mass is 10.1. The summed E-state index contributed by atoms with van der Waals surface area (Å²) in [5.74, 6) is 0. The first-order valence-corrected chi connectivity index (χ1v) is 7.85. The number of hydrogen-bond donors (Lipinski definition) is 0. The molecule has 1 aliphatic rings. The van der Waals surface area contributed by atoms with E-state index in [-0.39, 0.29) is 0 Å². The Morgan fingerprint density at radius 1 is 1.00 bits per heavy atom. The molecule has 2 aromatic rings. The highest BCUT2D eigenvalue weighted by Crippen LogP contribution is 2.33. The fourth-order valence-electron chi connectivity index (χ4n) is 2.45. The molecule has 0 saturated heterocycles. The van der Waals surface area contributed by atoms with Gasteiger partial charge in [-0.3, -0.25) is 0 Å². The molecule has 3 heteroatoms. The van der Waals surface area contributed by atoms with Gasteiger partial charge in [-0.2, -0.15) is 0 Å². The van der Waals surface area contributed by atoms with E-state index < -0.39 is 0 Å². The van der Waals surface area contributed by atoms with Gasteiger partial charge in [0.15, 0.2) is 0 Å². The normalized spacial score (nSPS) is 13.8. The van der Waals surface area contributed by atoms with E-state index in [1.165, 1.54) is 22.4 Å². The van der Waals surface area contributed by atoms with Crippen molar-refractivity contribution in [1.29, 1.82) is 0 Å². The summed E-state index contributed by atoms with van der Waals surface area (Å²) in [6.07, 6.45) is 0. The van der Waals surface area contributed by atoms with Crippen molar-refractivity contribution in [2.24, 2.45) is 0 Å². The number of rotatable bonds is 2. The van der Waals surface area contributed by atoms with Gasteiger partial charge < -0.3 is 4.90 Å². The van der Waals surface area contributed by atoms with Gasteiger partial charge in [0, 0.05) is 28.6 Å². The second-order valence-electron chi connectivity index (χ2n) is 4.53. The summed E-state index contributed by atoms with van der Waals surface area (Å²) in [6.45, 7) is 2.01. The van der Waals surface area contributed by atoms with E-state index in [0.29, 0.717) is 0 Å². The molecule has 1 heterocycles. The van der Waals surface area contributed by atoms with Crippen molar-refractivity contribution < 1.29 is 0 Å². The van der Waals surface area contributed by atoms with E-state index in [2.05, 4.69) is 79.2 Å². The van der Waals surface area contributed by atoms with Crippen LogP contribution in [0, 0.1) is 0 Å². The molecule has 3 rings (SSSR count). The van der Waals surface area contributed by atoms with E-state index in [9.17, 15) is 0 Å². The minimum Gasteiger partial charge on any atom is -0.363 e. The van der Waals surface area contributed by atoms with Crippen molar-refractivity contribution in [2.45, 2.75) is 18.4 Å². The van der Waals surface area contributed by atoms with Crippen molar-refractivity contribution in [3.8, 4) is 0 Å². The molecular formula is C15H13Br2N. The largest absolute Gasteiger partial charge is 0.363 e. The first kappa shape index (κ1) is 12.2. The number of fused-ring (bicyclic) bond motifs is 1. The minimum absolute atomic E-state index is 0.891. The van der Waals surface area contributed by atoms with E-state index in [1.807, 2.05) is 0 Å². The van der Waals surface area contributed by atoms with E-state index in [4.69, 9.17) is 0 Å². The highest BCUT2D eigenvalue weighted by Gasteiger charge is 2.20. The molecule has 0 N–H and O–H groups in total. The third-order valence-corrected chi connectivity index (χ3v) is 4.47. The Balaban J connectivity index is 1.97. The third-order valence-electron chi connectivity index (χ3n) is 3.37. The monoisotopic (exact) mass is 365 g/mol. The molecule has 0 radical (unpaired) electrons. The van der Waals surface area contributed by atoms with Gasteiger partial charge in [0.1, 0.15) is 0 Å². The molecule has 92 valence electrons. The van der Waals surface area contributed by atoms with Crippen molar-refractivity contribution in [3.63, 3.8) is 0 Å². The summed E-state index contributed by atoms with van der Waals surface area (Å²) < 4.78 is 1.14. The fourth-order valence-corrected chi connectivity index (χ4v) is 3.27. The van der Waals surface area contributed by atoms with Crippen molar-refractivity contribution in [3.05, 3.63) is 63.6 Å². The van der Waals surface area contributed by atoms with Crippen LogP contribution in [0.15, 0.2) is 46.9 Å². The molecule has 18 heavy (non-hydrogen) atoms. The summed E-state index contributed by atoms with van der Waals surface area (Å²) >= 11 is 7.14. The van der Waals surface area contributed by atoms with Crippen molar-refractivity contribution in [2.75, 3.05) is 4.90 Å². The highest BCUT2D eigenvalue weighted by atomic mass is 79.9. The van der Waals surface area contributed by atoms with Gasteiger partial charge in [0.25, 0.3) is 0 Å². The van der Waals surface area contributed by atoms with Gasteiger partial charge in [-0.1, -0.05) is 62.2 Å². The second-order valence-corrected chi connectivity index (χ2v) is 6.01. The molecule has 0 fully saturated rings. The first-order valence-electron chi connectivity index (χ1n) is 5.94. The Labute approximate surface area is 124 Å². The molecule has 1 nitrogen and oxygen atoms in total. The van der Waals surface area contributed by atoms with Crippen LogP contribution in [0.2, 0.25) is 0 Å². The molecule has 0 atom stereocenters. The minimum atomic E-state index is 0.891. The molecule has 0 spiro atoms. The van der Waals surface area contributed by atoms with Crippen molar-refractivity contribution >= 4 is 37.5 Å². The number of nitrogens with zero attached hydrogens (tertiary/aromatic N) is 1. The molecule has 0 amide bonds. The predicted molar refractivity (Wildman–Crippen MR) is 83.1 cm³/mol. The van der Waals surface area contributed by atoms with Crippen LogP contribution < -0.4 is 4.90 Å². The summed E-state index contributed by atoms with van der Waals surface area (Å²) in [5.41, 5.74) is 5.54. The lowest BCUT2D eigenvalue weighted by Gasteiger charge is -2.21. The Kier molecular flexibility index (Phi) is 3.44. The van der Waals surface area contributed by atoms with Crippen LogP contribution in [0.3, 0.4) is 0 Å². The number of anilines is 1. The maximum atomic E-state index is 3.57. The van der Waals surface area contributed by atoms with Crippen LogP contribution in [-0.4, -0.2) is 0 Å². The Morgan fingerprint density at radius 3 is 2.28 bits per heavy atom. The summed E-state index contributed by atoms with van der Waals surface area (Å²) in [5, 5.41) is 0.891. The Bertz CT molecular complexity index is 555. The lowest BCUT2D eigenvalue weighted by molar-refractivity contribution is 0.874. The molecule has 0 bridgehead atoms. The van der Waals surface area contributed by atoms with Crippen LogP contribution >= 0.6 is 31.9 Å². The Morgan fingerprint density at radius 2 is 1.67 bits per heavy atom. The maximum absolute atomic E-state index is 3.57. The topological polar surface area (TPSA) is 3.24 Å². The van der Waals surface area contributed by atoms with Crippen LogP contribution in [0.1, 0.15) is 16.7 Å². The zero-order valence-electron chi connectivity index (χ0n) is 9.87. The average Bonchev–Trinajstić information content (AvgIpc) is 2.82. The van der Waals surface area contributed by atoms with Gasteiger partial charge in [0.2, 0.25) is 0 Å². The standard InChI is InChI=1S/C15H13Br2N/c16-8-11-5-6-14(17)7-15(11)18-9-12-3-1-2-4-13(12)10-18/h1-7H,8-10H2. The third kappa shape index (κ3) is 2.21. The maximum Gasteiger partial charge on any atom is 0.0436 e. The molecule has 0 aliphatic carbocycles. The molecule has 0 aromatic heterocycles. The highest BCUT2D eigenvalue weighted by molar-refractivity contribution is 9.10. The van der Waals surface area contributed by atoms with Gasteiger partial charge in [-0.15, -0.1) is 0 Å². The summed E-state index contributed by atoms with van der Waals surface area (Å²) in [4.78, 5) is 2.44. The zero-order chi connectivity index (χ0) is 12.5. The van der Waals surface area contributed by atoms with Gasteiger partial charge in [0.05, 0.1) is 0 Å². The van der Waals surface area contributed by atoms with Crippen molar-refractivity contribution in [1.82, 2.24) is 0 Å². The molecule has 2 aromatic carbocycles. The average molecular weight is 367 g/mol. The predicted octanol–water partition coefficient (Wildman–Crippen LogP) is 4.86. The number of alkyl halides is 1. The van der Waals surface area contributed by atoms with Crippen LogP contribution in [0.25, 0.3) is 0 Å². The molecular weight excluding hydrogens is 354 g/mol. The van der Waals surface area contributed by atoms with Gasteiger partial charge >= 0.3 is 0 Å². The SMILES string of the molecule is BrCc1ccc(Br)cc1N1Cc2ccccc2C1.